The average Bonchev–Trinajstić information content (AvgIpc) is 2.75. The van der Waals surface area contributed by atoms with Gasteiger partial charge in [-0.25, -0.2) is 0 Å². The van der Waals surface area contributed by atoms with Gasteiger partial charge in [-0.2, -0.15) is 0 Å². The lowest BCUT2D eigenvalue weighted by molar-refractivity contribution is 0.630. The summed E-state index contributed by atoms with van der Waals surface area (Å²) in [7, 11) is 1.96. The number of nitrogens with two attached hydrogens (primary N) is 1. The first kappa shape index (κ1) is 15.4. The van der Waals surface area contributed by atoms with Crippen LogP contribution in [-0.2, 0) is 7.05 Å². The molecule has 2 N–H and O–H groups in total. The molecule has 0 amide bonds. The molecule has 2 rings (SSSR count). The zero-order valence-corrected chi connectivity index (χ0v) is 13.4. The Bertz CT molecular complexity index is 584. The Morgan fingerprint density at radius 1 is 1.40 bits per heavy atom. The molecule has 4 nitrogen and oxygen atoms in total. The van der Waals surface area contributed by atoms with Crippen LogP contribution in [0.15, 0.2) is 29.4 Å². The van der Waals surface area contributed by atoms with Gasteiger partial charge in [0.1, 0.15) is 5.82 Å². The van der Waals surface area contributed by atoms with Crippen LogP contribution >= 0.6 is 23.4 Å². The monoisotopic (exact) mass is 310 g/mol. The van der Waals surface area contributed by atoms with E-state index in [2.05, 4.69) is 23.2 Å². The molecule has 0 saturated heterocycles. The lowest BCUT2D eigenvalue weighted by Crippen LogP contribution is -2.26. The van der Waals surface area contributed by atoms with Crippen molar-refractivity contribution in [3.8, 4) is 0 Å². The van der Waals surface area contributed by atoms with E-state index in [0.717, 1.165) is 28.0 Å². The molecule has 0 aliphatic heterocycles. The highest BCUT2D eigenvalue weighted by Gasteiger charge is 2.22. The van der Waals surface area contributed by atoms with Crippen molar-refractivity contribution in [3.63, 3.8) is 0 Å². The van der Waals surface area contributed by atoms with Gasteiger partial charge in [0.05, 0.1) is 5.25 Å². The van der Waals surface area contributed by atoms with Gasteiger partial charge in [0, 0.05) is 18.1 Å². The van der Waals surface area contributed by atoms with Crippen molar-refractivity contribution >= 4 is 23.4 Å². The molecular weight excluding hydrogens is 292 g/mol. The number of hydrogen-bond acceptors (Lipinski definition) is 4. The van der Waals surface area contributed by atoms with Gasteiger partial charge in [0.25, 0.3) is 0 Å². The Hall–Kier alpha value is -1.04. The predicted molar refractivity (Wildman–Crippen MR) is 84.1 cm³/mol. The summed E-state index contributed by atoms with van der Waals surface area (Å²) in [5.74, 6) is 0.891. The van der Waals surface area contributed by atoms with E-state index in [4.69, 9.17) is 17.3 Å². The summed E-state index contributed by atoms with van der Waals surface area (Å²) in [5.41, 5.74) is 7.41. The van der Waals surface area contributed by atoms with Gasteiger partial charge < -0.3 is 10.3 Å². The van der Waals surface area contributed by atoms with Crippen LogP contribution in [0.1, 0.15) is 30.0 Å². The first-order valence-corrected chi connectivity index (χ1v) is 7.82. The van der Waals surface area contributed by atoms with Gasteiger partial charge in [-0.15, -0.1) is 10.2 Å². The Balaban J connectivity index is 2.31. The molecule has 1 aromatic carbocycles. The van der Waals surface area contributed by atoms with Gasteiger partial charge in [-0.05, 0) is 31.0 Å². The largest absolute Gasteiger partial charge is 0.326 e. The van der Waals surface area contributed by atoms with E-state index in [1.165, 1.54) is 0 Å². The Labute approximate surface area is 128 Å². The van der Waals surface area contributed by atoms with Crippen LogP contribution in [0.3, 0.4) is 0 Å². The molecular formula is C14H19ClN4S. The zero-order chi connectivity index (χ0) is 14.7. The molecule has 6 heteroatoms. The minimum absolute atomic E-state index is 0.0375. The standard InChI is InChI=1S/C14H19ClN4S/c1-4-12(16)13(10-6-5-7-11(15)8-10)20-14-18-17-9(2)19(14)3/h5-8,12-13H,4,16H2,1-3H3. The molecule has 20 heavy (non-hydrogen) atoms. The predicted octanol–water partition coefficient (Wildman–Crippen LogP) is 3.35. The van der Waals surface area contributed by atoms with E-state index >= 15 is 0 Å². The Morgan fingerprint density at radius 3 is 2.70 bits per heavy atom. The van der Waals surface area contributed by atoms with E-state index < -0.39 is 0 Å². The molecule has 2 aromatic rings. The quantitative estimate of drug-likeness (QED) is 0.860. The van der Waals surface area contributed by atoms with Crippen molar-refractivity contribution in [2.75, 3.05) is 0 Å². The van der Waals surface area contributed by atoms with E-state index in [0.29, 0.717) is 0 Å². The molecule has 0 aliphatic carbocycles. The van der Waals surface area contributed by atoms with Crippen LogP contribution in [-0.4, -0.2) is 20.8 Å². The molecule has 0 spiro atoms. The third-order valence-corrected chi connectivity index (χ3v) is 5.00. The first-order valence-electron chi connectivity index (χ1n) is 6.56. The summed E-state index contributed by atoms with van der Waals surface area (Å²) >= 11 is 7.73. The van der Waals surface area contributed by atoms with Gasteiger partial charge in [-0.1, -0.05) is 42.4 Å². The molecule has 0 bridgehead atoms. The van der Waals surface area contributed by atoms with Crippen LogP contribution in [0.5, 0.6) is 0 Å². The van der Waals surface area contributed by atoms with Crippen LogP contribution in [0.2, 0.25) is 5.02 Å². The highest BCUT2D eigenvalue weighted by atomic mass is 35.5. The van der Waals surface area contributed by atoms with Crippen molar-refractivity contribution in [3.05, 3.63) is 40.7 Å². The van der Waals surface area contributed by atoms with Crippen molar-refractivity contribution in [2.24, 2.45) is 12.8 Å². The summed E-state index contributed by atoms with van der Waals surface area (Å²) in [6.07, 6.45) is 0.890. The van der Waals surface area contributed by atoms with Gasteiger partial charge in [0.15, 0.2) is 5.16 Å². The molecule has 2 unspecified atom stereocenters. The highest BCUT2D eigenvalue weighted by molar-refractivity contribution is 7.99. The number of nitrogens with zero attached hydrogens (tertiary/aromatic N) is 3. The van der Waals surface area contributed by atoms with E-state index in [-0.39, 0.29) is 11.3 Å². The number of halogens is 1. The highest BCUT2D eigenvalue weighted by Crippen LogP contribution is 2.37. The Kier molecular flexibility index (Phi) is 5.07. The lowest BCUT2D eigenvalue weighted by Gasteiger charge is -2.22. The van der Waals surface area contributed by atoms with Crippen molar-refractivity contribution < 1.29 is 0 Å². The minimum Gasteiger partial charge on any atom is -0.326 e. The number of hydrogen-bond donors (Lipinski definition) is 1. The van der Waals surface area contributed by atoms with E-state index in [1.807, 2.05) is 36.7 Å². The Morgan fingerprint density at radius 2 is 2.15 bits per heavy atom. The molecule has 0 aliphatic rings. The smallest absolute Gasteiger partial charge is 0.191 e. The maximum atomic E-state index is 6.28. The van der Waals surface area contributed by atoms with E-state index in [1.54, 1.807) is 11.8 Å². The van der Waals surface area contributed by atoms with Crippen LogP contribution in [0, 0.1) is 6.92 Å². The first-order chi connectivity index (χ1) is 9.52. The fourth-order valence-corrected chi connectivity index (χ4v) is 3.36. The number of aryl methyl sites for hydroxylation is 1. The third kappa shape index (κ3) is 3.34. The number of rotatable bonds is 5. The molecule has 0 saturated carbocycles. The molecule has 108 valence electrons. The minimum atomic E-state index is 0.0375. The average molecular weight is 311 g/mol. The maximum Gasteiger partial charge on any atom is 0.191 e. The molecule has 0 radical (unpaired) electrons. The SMILES string of the molecule is CCC(N)C(Sc1nnc(C)n1C)c1cccc(Cl)c1. The van der Waals surface area contributed by atoms with Crippen molar-refractivity contribution in [2.45, 2.75) is 36.7 Å². The van der Waals surface area contributed by atoms with E-state index in [9.17, 15) is 0 Å². The summed E-state index contributed by atoms with van der Waals surface area (Å²) in [6, 6.07) is 7.89. The second-order valence-corrected chi connectivity index (χ2v) is 6.30. The zero-order valence-electron chi connectivity index (χ0n) is 11.9. The van der Waals surface area contributed by atoms with Crippen molar-refractivity contribution in [1.29, 1.82) is 0 Å². The van der Waals surface area contributed by atoms with Crippen molar-refractivity contribution in [1.82, 2.24) is 14.8 Å². The second kappa shape index (κ2) is 6.61. The topological polar surface area (TPSA) is 56.7 Å². The second-order valence-electron chi connectivity index (χ2n) is 4.75. The summed E-state index contributed by atoms with van der Waals surface area (Å²) < 4.78 is 1.98. The van der Waals surface area contributed by atoms with Gasteiger partial charge >= 0.3 is 0 Å². The molecule has 0 fully saturated rings. The van der Waals surface area contributed by atoms with Gasteiger partial charge in [-0.3, -0.25) is 0 Å². The summed E-state index contributed by atoms with van der Waals surface area (Å²) in [5, 5.41) is 10.0. The normalized spacial score (nSPS) is 14.2. The molecule has 2 atom stereocenters. The summed E-state index contributed by atoms with van der Waals surface area (Å²) in [6.45, 7) is 4.02. The number of aromatic nitrogens is 3. The number of benzene rings is 1. The summed E-state index contributed by atoms with van der Waals surface area (Å²) in [4.78, 5) is 0. The fourth-order valence-electron chi connectivity index (χ4n) is 1.90. The van der Waals surface area contributed by atoms with Gasteiger partial charge in [0.2, 0.25) is 0 Å². The van der Waals surface area contributed by atoms with Crippen LogP contribution < -0.4 is 5.73 Å². The number of thioether (sulfide) groups is 1. The maximum absolute atomic E-state index is 6.28. The van der Waals surface area contributed by atoms with Crippen LogP contribution in [0.4, 0.5) is 0 Å². The lowest BCUT2D eigenvalue weighted by atomic mass is 10.0. The molecule has 1 aromatic heterocycles. The van der Waals surface area contributed by atoms with Crippen LogP contribution in [0.25, 0.3) is 0 Å². The fraction of sp³-hybridized carbons (Fsp3) is 0.429. The molecule has 1 heterocycles. The third-order valence-electron chi connectivity index (χ3n) is 3.32.